The van der Waals surface area contributed by atoms with Gasteiger partial charge in [-0.15, -0.1) is 0 Å². The molecule has 2 aromatic rings. The summed E-state index contributed by atoms with van der Waals surface area (Å²) in [5.74, 6) is -0.534. The summed E-state index contributed by atoms with van der Waals surface area (Å²) in [6.07, 6.45) is 1.17. The Morgan fingerprint density at radius 3 is 2.52 bits per heavy atom. The molecule has 112 valence electrons. The quantitative estimate of drug-likeness (QED) is 0.868. The molecule has 2 rings (SSSR count). The molecule has 0 radical (unpaired) electrons. The van der Waals surface area contributed by atoms with Crippen LogP contribution in [0.2, 0.25) is 5.02 Å². The van der Waals surface area contributed by atoms with Crippen molar-refractivity contribution < 1.29 is 8.78 Å². The minimum absolute atomic E-state index is 0.0311. The SMILES string of the molecule is CNC(Cc1ccc(F)cc1C)Cc1c(F)cccc1Cl. The van der Waals surface area contributed by atoms with E-state index in [0.717, 1.165) is 11.1 Å². The van der Waals surface area contributed by atoms with Crippen LogP contribution < -0.4 is 5.32 Å². The Morgan fingerprint density at radius 2 is 1.90 bits per heavy atom. The van der Waals surface area contributed by atoms with Crippen molar-refractivity contribution in [1.82, 2.24) is 5.32 Å². The van der Waals surface area contributed by atoms with Crippen LogP contribution in [0.4, 0.5) is 8.78 Å². The van der Waals surface area contributed by atoms with Gasteiger partial charge in [0.25, 0.3) is 0 Å². The number of benzene rings is 2. The third-order valence-electron chi connectivity index (χ3n) is 3.69. The van der Waals surface area contributed by atoms with E-state index in [4.69, 9.17) is 11.6 Å². The van der Waals surface area contributed by atoms with E-state index in [-0.39, 0.29) is 17.7 Å². The Bertz CT molecular complexity index is 608. The lowest BCUT2D eigenvalue weighted by Gasteiger charge is -2.18. The van der Waals surface area contributed by atoms with Gasteiger partial charge in [-0.2, -0.15) is 0 Å². The van der Waals surface area contributed by atoms with Gasteiger partial charge in [0.1, 0.15) is 11.6 Å². The van der Waals surface area contributed by atoms with E-state index in [2.05, 4.69) is 5.32 Å². The Morgan fingerprint density at radius 1 is 1.14 bits per heavy atom. The number of aryl methyl sites for hydroxylation is 1. The summed E-state index contributed by atoms with van der Waals surface area (Å²) < 4.78 is 27.0. The van der Waals surface area contributed by atoms with Crippen molar-refractivity contribution in [2.45, 2.75) is 25.8 Å². The van der Waals surface area contributed by atoms with Crippen molar-refractivity contribution >= 4 is 11.6 Å². The topological polar surface area (TPSA) is 12.0 Å². The second-order valence-electron chi connectivity index (χ2n) is 5.16. The van der Waals surface area contributed by atoms with Gasteiger partial charge in [0.2, 0.25) is 0 Å². The molecule has 1 atom stereocenters. The first-order valence-corrected chi connectivity index (χ1v) is 7.24. The lowest BCUT2D eigenvalue weighted by Crippen LogP contribution is -2.30. The van der Waals surface area contributed by atoms with Crippen molar-refractivity contribution in [3.63, 3.8) is 0 Å². The monoisotopic (exact) mass is 309 g/mol. The maximum atomic E-state index is 13.9. The third-order valence-corrected chi connectivity index (χ3v) is 4.05. The summed E-state index contributed by atoms with van der Waals surface area (Å²) >= 11 is 6.07. The Labute approximate surface area is 128 Å². The minimum Gasteiger partial charge on any atom is -0.316 e. The zero-order valence-corrected chi connectivity index (χ0v) is 12.8. The van der Waals surface area contributed by atoms with Crippen LogP contribution in [0.25, 0.3) is 0 Å². The van der Waals surface area contributed by atoms with Crippen LogP contribution >= 0.6 is 11.6 Å². The molecule has 1 unspecified atom stereocenters. The highest BCUT2D eigenvalue weighted by Gasteiger charge is 2.15. The lowest BCUT2D eigenvalue weighted by atomic mass is 9.96. The highest BCUT2D eigenvalue weighted by molar-refractivity contribution is 6.31. The zero-order chi connectivity index (χ0) is 15.4. The normalized spacial score (nSPS) is 12.4. The van der Waals surface area contributed by atoms with Crippen LogP contribution in [0, 0.1) is 18.6 Å². The van der Waals surface area contributed by atoms with E-state index in [0.29, 0.717) is 23.4 Å². The Kier molecular flexibility index (Phi) is 5.32. The van der Waals surface area contributed by atoms with Gasteiger partial charge < -0.3 is 5.32 Å². The predicted molar refractivity (Wildman–Crippen MR) is 82.8 cm³/mol. The molecule has 0 saturated heterocycles. The van der Waals surface area contributed by atoms with E-state index in [9.17, 15) is 8.78 Å². The van der Waals surface area contributed by atoms with Crippen LogP contribution in [-0.2, 0) is 12.8 Å². The summed E-state index contributed by atoms with van der Waals surface area (Å²) in [6, 6.07) is 9.47. The molecule has 0 aromatic heterocycles. The van der Waals surface area contributed by atoms with Crippen LogP contribution in [0.1, 0.15) is 16.7 Å². The second-order valence-corrected chi connectivity index (χ2v) is 5.57. The van der Waals surface area contributed by atoms with E-state index in [1.54, 1.807) is 18.2 Å². The van der Waals surface area contributed by atoms with Crippen LogP contribution in [0.5, 0.6) is 0 Å². The van der Waals surface area contributed by atoms with Gasteiger partial charge in [0.05, 0.1) is 0 Å². The largest absolute Gasteiger partial charge is 0.316 e. The minimum atomic E-state index is -0.293. The van der Waals surface area contributed by atoms with Crippen LogP contribution in [-0.4, -0.2) is 13.1 Å². The highest BCUT2D eigenvalue weighted by atomic mass is 35.5. The van der Waals surface area contributed by atoms with Gasteiger partial charge in [-0.1, -0.05) is 23.7 Å². The average molecular weight is 310 g/mol. The number of rotatable bonds is 5. The van der Waals surface area contributed by atoms with Crippen LogP contribution in [0.15, 0.2) is 36.4 Å². The Hall–Kier alpha value is -1.45. The first kappa shape index (κ1) is 15.9. The molecular weight excluding hydrogens is 292 g/mol. The number of halogens is 3. The van der Waals surface area contributed by atoms with Crippen molar-refractivity contribution in [1.29, 1.82) is 0 Å². The van der Waals surface area contributed by atoms with E-state index < -0.39 is 0 Å². The summed E-state index contributed by atoms with van der Waals surface area (Å²) in [5, 5.41) is 3.61. The molecule has 2 aromatic carbocycles. The molecule has 0 heterocycles. The molecule has 0 aliphatic heterocycles. The van der Waals surface area contributed by atoms with Gasteiger partial charge in [-0.25, -0.2) is 8.78 Å². The summed E-state index contributed by atoms with van der Waals surface area (Å²) in [4.78, 5) is 0. The molecule has 0 amide bonds. The zero-order valence-electron chi connectivity index (χ0n) is 12.1. The van der Waals surface area contributed by atoms with Crippen molar-refractivity contribution in [2.75, 3.05) is 7.05 Å². The van der Waals surface area contributed by atoms with Crippen molar-refractivity contribution in [3.05, 3.63) is 69.7 Å². The van der Waals surface area contributed by atoms with Gasteiger partial charge in [0.15, 0.2) is 0 Å². The van der Waals surface area contributed by atoms with Crippen LogP contribution in [0.3, 0.4) is 0 Å². The molecule has 0 aliphatic rings. The summed E-state index contributed by atoms with van der Waals surface area (Å²) in [6.45, 7) is 1.88. The van der Waals surface area contributed by atoms with E-state index in [1.165, 1.54) is 18.2 Å². The first-order valence-electron chi connectivity index (χ1n) is 6.86. The number of nitrogens with one attached hydrogen (secondary N) is 1. The maximum Gasteiger partial charge on any atom is 0.127 e. The standard InChI is InChI=1S/C17H18ClF2N/c1-11-8-13(19)7-6-12(11)9-14(21-2)10-15-16(18)4-3-5-17(15)20/h3-8,14,21H,9-10H2,1-2H3. The van der Waals surface area contributed by atoms with Crippen molar-refractivity contribution in [3.8, 4) is 0 Å². The third kappa shape index (κ3) is 4.02. The second kappa shape index (κ2) is 7.01. The molecule has 0 spiro atoms. The molecular formula is C17H18ClF2N. The predicted octanol–water partition coefficient (Wildman–Crippen LogP) is 4.30. The van der Waals surface area contributed by atoms with E-state index >= 15 is 0 Å². The molecule has 0 fully saturated rings. The average Bonchev–Trinajstić information content (AvgIpc) is 2.44. The van der Waals surface area contributed by atoms with E-state index in [1.807, 2.05) is 14.0 Å². The summed E-state index contributed by atoms with van der Waals surface area (Å²) in [7, 11) is 1.83. The fourth-order valence-electron chi connectivity index (χ4n) is 2.40. The molecule has 0 bridgehead atoms. The van der Waals surface area contributed by atoms with Gasteiger partial charge in [-0.05, 0) is 62.2 Å². The molecule has 4 heteroatoms. The first-order chi connectivity index (χ1) is 10.0. The fourth-order valence-corrected chi connectivity index (χ4v) is 2.64. The molecule has 1 nitrogen and oxygen atoms in total. The van der Waals surface area contributed by atoms with Gasteiger partial charge >= 0.3 is 0 Å². The van der Waals surface area contributed by atoms with Gasteiger partial charge in [-0.3, -0.25) is 0 Å². The molecule has 1 N–H and O–H groups in total. The number of hydrogen-bond acceptors (Lipinski definition) is 1. The maximum absolute atomic E-state index is 13.9. The van der Waals surface area contributed by atoms with Gasteiger partial charge in [0, 0.05) is 16.6 Å². The highest BCUT2D eigenvalue weighted by Crippen LogP contribution is 2.22. The molecule has 21 heavy (non-hydrogen) atoms. The Balaban J connectivity index is 2.17. The molecule has 0 aliphatic carbocycles. The fraction of sp³-hybridized carbons (Fsp3) is 0.294. The lowest BCUT2D eigenvalue weighted by molar-refractivity contribution is 0.531. The smallest absolute Gasteiger partial charge is 0.127 e. The van der Waals surface area contributed by atoms with Crippen molar-refractivity contribution in [2.24, 2.45) is 0 Å². The summed E-state index contributed by atoms with van der Waals surface area (Å²) in [5.41, 5.74) is 2.45. The number of likely N-dealkylation sites (N-methyl/N-ethyl adjacent to an activating group) is 1. The molecule has 0 saturated carbocycles. The number of hydrogen-bond donors (Lipinski definition) is 1.